The van der Waals surface area contributed by atoms with Gasteiger partial charge in [-0.15, -0.1) is 0 Å². The highest BCUT2D eigenvalue weighted by Gasteiger charge is 2.26. The van der Waals surface area contributed by atoms with Crippen LogP contribution in [0.15, 0.2) is 48.5 Å². The van der Waals surface area contributed by atoms with E-state index in [0.717, 1.165) is 35.5 Å². The Balaban J connectivity index is 2.06. The second-order valence-corrected chi connectivity index (χ2v) is 8.59. The van der Waals surface area contributed by atoms with E-state index in [1.54, 1.807) is 11.8 Å². The number of ether oxygens (including phenoxy) is 2. The topological polar surface area (TPSA) is 68.6 Å². The minimum Gasteiger partial charge on any atom is -0.497 e. The highest BCUT2D eigenvalue weighted by molar-refractivity contribution is 6.30. The van der Waals surface area contributed by atoms with Gasteiger partial charge in [-0.1, -0.05) is 31.5 Å². The van der Waals surface area contributed by atoms with Gasteiger partial charge in [0.15, 0.2) is 0 Å². The van der Waals surface area contributed by atoms with Gasteiger partial charge in [0.1, 0.15) is 11.5 Å². The van der Waals surface area contributed by atoms with Crippen molar-refractivity contribution in [2.24, 2.45) is 0 Å². The minimum absolute atomic E-state index is 0.0413. The molecule has 34 heavy (non-hydrogen) atoms. The number of methoxy groups -OCH3 is 1. The maximum absolute atomic E-state index is 13.0. The Kier molecular flexibility index (Phi) is 8.82. The Bertz CT molecular complexity index is 1100. The lowest BCUT2D eigenvalue weighted by molar-refractivity contribution is 0.172. The van der Waals surface area contributed by atoms with Crippen LogP contribution in [0.25, 0.3) is 5.69 Å². The molecule has 0 spiro atoms. The van der Waals surface area contributed by atoms with E-state index >= 15 is 0 Å². The Labute approximate surface area is 206 Å². The lowest BCUT2D eigenvalue weighted by atomic mass is 10.1. The molecule has 2 aromatic carbocycles. The fourth-order valence-corrected chi connectivity index (χ4v) is 3.70. The SMILES string of the molecule is CCCNC(=O)N(Cc1c(C)nn(-c2cccc(Cl)c2)c1Oc1ccc(OC)cc1)C(C)CC. The molecular weight excluding hydrogens is 452 g/mol. The van der Waals surface area contributed by atoms with Crippen LogP contribution in [0.4, 0.5) is 4.79 Å². The maximum atomic E-state index is 13.0. The third-order valence-electron chi connectivity index (χ3n) is 5.70. The average Bonchev–Trinajstić information content (AvgIpc) is 3.15. The molecule has 0 saturated carbocycles. The lowest BCUT2D eigenvalue weighted by Crippen LogP contribution is -2.44. The van der Waals surface area contributed by atoms with Crippen molar-refractivity contribution in [3.63, 3.8) is 0 Å². The van der Waals surface area contributed by atoms with Crippen LogP contribution in [0.3, 0.4) is 0 Å². The summed E-state index contributed by atoms with van der Waals surface area (Å²) in [6.45, 7) is 9.07. The van der Waals surface area contributed by atoms with E-state index in [2.05, 4.69) is 12.2 Å². The Morgan fingerprint density at radius 2 is 1.88 bits per heavy atom. The molecule has 182 valence electrons. The molecule has 7 nitrogen and oxygen atoms in total. The van der Waals surface area contributed by atoms with Crippen molar-refractivity contribution in [1.82, 2.24) is 20.0 Å². The first kappa shape index (κ1) is 25.4. The minimum atomic E-state index is -0.0958. The van der Waals surface area contributed by atoms with Crippen LogP contribution in [0.1, 0.15) is 44.9 Å². The number of aromatic nitrogens is 2. The average molecular weight is 485 g/mol. The molecule has 2 amide bonds. The molecule has 0 aliphatic carbocycles. The molecule has 3 aromatic rings. The number of carbonyl (C=O) groups excluding carboxylic acids is 1. The number of benzene rings is 2. The van der Waals surface area contributed by atoms with Gasteiger partial charge < -0.3 is 19.7 Å². The van der Waals surface area contributed by atoms with Crippen LogP contribution in [0, 0.1) is 6.92 Å². The van der Waals surface area contributed by atoms with Crippen LogP contribution in [-0.4, -0.2) is 40.4 Å². The van der Waals surface area contributed by atoms with Gasteiger partial charge in [0.2, 0.25) is 5.88 Å². The van der Waals surface area contributed by atoms with E-state index in [-0.39, 0.29) is 12.1 Å². The summed E-state index contributed by atoms with van der Waals surface area (Å²) >= 11 is 6.27. The van der Waals surface area contributed by atoms with Gasteiger partial charge in [0.25, 0.3) is 0 Å². The Hall–Kier alpha value is -3.19. The second-order valence-electron chi connectivity index (χ2n) is 8.16. The van der Waals surface area contributed by atoms with Gasteiger partial charge in [-0.3, -0.25) is 0 Å². The van der Waals surface area contributed by atoms with E-state index in [0.29, 0.717) is 29.7 Å². The highest BCUT2D eigenvalue weighted by atomic mass is 35.5. The zero-order chi connectivity index (χ0) is 24.7. The van der Waals surface area contributed by atoms with E-state index in [4.69, 9.17) is 26.2 Å². The number of amides is 2. The molecule has 0 bridgehead atoms. The van der Waals surface area contributed by atoms with Gasteiger partial charge in [0, 0.05) is 17.6 Å². The Morgan fingerprint density at radius 3 is 2.50 bits per heavy atom. The molecule has 3 rings (SSSR count). The molecule has 1 atom stereocenters. The summed E-state index contributed by atoms with van der Waals surface area (Å²) < 4.78 is 13.4. The van der Waals surface area contributed by atoms with Gasteiger partial charge in [-0.05, 0) is 69.2 Å². The zero-order valence-corrected chi connectivity index (χ0v) is 21.2. The third-order valence-corrected chi connectivity index (χ3v) is 5.94. The predicted octanol–water partition coefficient (Wildman–Crippen LogP) is 6.36. The van der Waals surface area contributed by atoms with Crippen LogP contribution < -0.4 is 14.8 Å². The molecule has 1 aromatic heterocycles. The summed E-state index contributed by atoms with van der Waals surface area (Å²) in [6, 6.07) is 14.7. The number of hydrogen-bond donors (Lipinski definition) is 1. The number of urea groups is 1. The largest absolute Gasteiger partial charge is 0.497 e. The van der Waals surface area contributed by atoms with Crippen molar-refractivity contribution in [3.05, 3.63) is 64.8 Å². The van der Waals surface area contributed by atoms with Gasteiger partial charge >= 0.3 is 6.03 Å². The standard InChI is InChI=1S/C26H33ClN4O3/c1-6-15-28-26(32)30(18(3)7-2)17-24-19(4)29-31(21-10-8-9-20(27)16-21)25(24)34-23-13-11-22(33-5)12-14-23/h8-14,16,18H,6-7,15,17H2,1-5H3,(H,28,32). The smallest absolute Gasteiger partial charge is 0.317 e. The summed E-state index contributed by atoms with van der Waals surface area (Å²) in [6.07, 6.45) is 1.70. The van der Waals surface area contributed by atoms with Gasteiger partial charge in [-0.25, -0.2) is 9.48 Å². The molecule has 0 fully saturated rings. The van der Waals surface area contributed by atoms with Crippen LogP contribution in [0.5, 0.6) is 17.4 Å². The van der Waals surface area contributed by atoms with E-state index in [1.807, 2.05) is 74.2 Å². The van der Waals surface area contributed by atoms with E-state index < -0.39 is 0 Å². The number of nitrogens with zero attached hydrogens (tertiary/aromatic N) is 3. The van der Waals surface area contributed by atoms with Crippen LogP contribution in [0.2, 0.25) is 5.02 Å². The normalized spacial score (nSPS) is 11.7. The molecule has 1 heterocycles. The van der Waals surface area contributed by atoms with Crippen molar-refractivity contribution in [1.29, 1.82) is 0 Å². The van der Waals surface area contributed by atoms with Crippen molar-refractivity contribution in [2.75, 3.05) is 13.7 Å². The first-order chi connectivity index (χ1) is 16.4. The molecular formula is C26H33ClN4O3. The van der Waals surface area contributed by atoms with E-state index in [1.165, 1.54) is 0 Å². The fraction of sp³-hybridized carbons (Fsp3) is 0.385. The second kappa shape index (κ2) is 11.8. The number of hydrogen-bond acceptors (Lipinski definition) is 4. The molecule has 0 aliphatic rings. The zero-order valence-electron chi connectivity index (χ0n) is 20.5. The van der Waals surface area contributed by atoms with E-state index in [9.17, 15) is 4.79 Å². The predicted molar refractivity (Wildman–Crippen MR) is 135 cm³/mol. The molecule has 0 saturated heterocycles. The molecule has 1 unspecified atom stereocenters. The van der Waals surface area contributed by atoms with Crippen molar-refractivity contribution >= 4 is 17.6 Å². The summed E-state index contributed by atoms with van der Waals surface area (Å²) in [5.74, 6) is 1.92. The number of aryl methyl sites for hydroxylation is 1. The molecule has 1 N–H and O–H groups in total. The number of nitrogens with one attached hydrogen (secondary N) is 1. The quantitative estimate of drug-likeness (QED) is 0.363. The van der Waals surface area contributed by atoms with Crippen molar-refractivity contribution in [3.8, 4) is 23.1 Å². The highest BCUT2D eigenvalue weighted by Crippen LogP contribution is 2.33. The van der Waals surface area contributed by atoms with Crippen molar-refractivity contribution < 1.29 is 14.3 Å². The number of halogens is 1. The molecule has 0 aliphatic heterocycles. The lowest BCUT2D eigenvalue weighted by Gasteiger charge is -2.29. The van der Waals surface area contributed by atoms with Crippen molar-refractivity contribution in [2.45, 2.75) is 53.1 Å². The van der Waals surface area contributed by atoms with Crippen LogP contribution in [-0.2, 0) is 6.54 Å². The monoisotopic (exact) mass is 484 g/mol. The fourth-order valence-electron chi connectivity index (χ4n) is 3.52. The first-order valence-corrected chi connectivity index (χ1v) is 12.0. The molecule has 0 radical (unpaired) electrons. The van der Waals surface area contributed by atoms with Gasteiger partial charge in [0.05, 0.1) is 30.6 Å². The first-order valence-electron chi connectivity index (χ1n) is 11.6. The summed E-state index contributed by atoms with van der Waals surface area (Å²) in [4.78, 5) is 14.8. The summed E-state index contributed by atoms with van der Waals surface area (Å²) in [7, 11) is 1.62. The number of rotatable bonds is 10. The molecule has 8 heteroatoms. The Morgan fingerprint density at radius 1 is 1.18 bits per heavy atom. The van der Waals surface area contributed by atoms with Gasteiger partial charge in [-0.2, -0.15) is 5.10 Å². The third kappa shape index (κ3) is 6.03. The summed E-state index contributed by atoms with van der Waals surface area (Å²) in [5, 5.41) is 8.36. The number of carbonyl (C=O) groups is 1. The van der Waals surface area contributed by atoms with Crippen LogP contribution >= 0.6 is 11.6 Å². The summed E-state index contributed by atoms with van der Waals surface area (Å²) in [5.41, 5.74) is 2.39. The maximum Gasteiger partial charge on any atom is 0.317 e.